The monoisotopic (exact) mass is 366 g/mol. The minimum absolute atomic E-state index is 0.0258. The van der Waals surface area contributed by atoms with Crippen molar-refractivity contribution < 1.29 is 9.59 Å². The largest absolute Gasteiger partial charge is 0.365 e. The molecule has 0 aliphatic rings. The van der Waals surface area contributed by atoms with Crippen LogP contribution in [0.2, 0.25) is 0 Å². The Morgan fingerprint density at radius 1 is 1.26 bits per heavy atom. The highest BCUT2D eigenvalue weighted by atomic mass is 16.2. The Balaban J connectivity index is 1.75. The Labute approximate surface area is 157 Å². The van der Waals surface area contributed by atoms with Gasteiger partial charge in [0.25, 0.3) is 5.91 Å². The second-order valence-electron chi connectivity index (χ2n) is 6.49. The molecule has 0 spiro atoms. The summed E-state index contributed by atoms with van der Waals surface area (Å²) in [5.74, 6) is -0.534. The van der Waals surface area contributed by atoms with Crippen LogP contribution in [0.25, 0.3) is 5.65 Å². The zero-order valence-corrected chi connectivity index (χ0v) is 15.6. The number of pyridine rings is 1. The summed E-state index contributed by atoms with van der Waals surface area (Å²) in [5, 5.41) is 4.21. The van der Waals surface area contributed by atoms with Crippen molar-refractivity contribution in [1.29, 1.82) is 0 Å². The smallest absolute Gasteiger partial charge is 0.254 e. The Hall–Kier alpha value is -3.29. The van der Waals surface area contributed by atoms with Gasteiger partial charge in [-0.25, -0.2) is 9.50 Å². The molecule has 0 saturated heterocycles. The molecule has 0 bridgehead atoms. The second-order valence-corrected chi connectivity index (χ2v) is 6.49. The number of aromatic nitrogens is 4. The van der Waals surface area contributed by atoms with Gasteiger partial charge >= 0.3 is 0 Å². The van der Waals surface area contributed by atoms with Crippen molar-refractivity contribution >= 4 is 17.5 Å². The number of fused-ring (bicyclic) bond motifs is 1. The lowest BCUT2D eigenvalue weighted by Crippen LogP contribution is -2.27. The first-order valence-electron chi connectivity index (χ1n) is 8.66. The highest BCUT2D eigenvalue weighted by Gasteiger charge is 2.18. The molecule has 2 amide bonds. The van der Waals surface area contributed by atoms with Gasteiger partial charge in [0, 0.05) is 31.1 Å². The Morgan fingerprint density at radius 2 is 2.04 bits per heavy atom. The summed E-state index contributed by atoms with van der Waals surface area (Å²) in [6.07, 6.45) is 4.03. The van der Waals surface area contributed by atoms with E-state index < -0.39 is 5.91 Å². The summed E-state index contributed by atoms with van der Waals surface area (Å²) in [4.78, 5) is 34.4. The molecule has 0 saturated carbocycles. The van der Waals surface area contributed by atoms with Gasteiger partial charge in [0.05, 0.1) is 18.4 Å². The predicted octanol–water partition coefficient (Wildman–Crippen LogP) is 1.43. The fraction of sp³-hybridized carbons (Fsp3) is 0.316. The fourth-order valence-electron chi connectivity index (χ4n) is 3.09. The van der Waals surface area contributed by atoms with Crippen molar-refractivity contribution in [2.45, 2.75) is 33.2 Å². The molecule has 3 aromatic rings. The summed E-state index contributed by atoms with van der Waals surface area (Å²) in [5.41, 5.74) is 9.52. The average Bonchev–Trinajstić information content (AvgIpc) is 3.06. The van der Waals surface area contributed by atoms with E-state index in [0.29, 0.717) is 30.6 Å². The summed E-state index contributed by atoms with van der Waals surface area (Å²) >= 11 is 0. The lowest BCUT2D eigenvalue weighted by Gasteiger charge is -2.17. The number of nitrogens with two attached hydrogens (primary N) is 1. The van der Waals surface area contributed by atoms with Crippen molar-refractivity contribution in [3.63, 3.8) is 0 Å². The number of carbonyl (C=O) groups excluding carboxylic acids is 2. The fourth-order valence-corrected chi connectivity index (χ4v) is 3.09. The van der Waals surface area contributed by atoms with E-state index >= 15 is 0 Å². The van der Waals surface area contributed by atoms with E-state index in [0.717, 1.165) is 22.6 Å². The van der Waals surface area contributed by atoms with Gasteiger partial charge in [0.2, 0.25) is 5.91 Å². The maximum atomic E-state index is 12.5. The van der Waals surface area contributed by atoms with Crippen LogP contribution in [0.3, 0.4) is 0 Å². The van der Waals surface area contributed by atoms with Gasteiger partial charge < -0.3 is 10.6 Å². The van der Waals surface area contributed by atoms with Crippen molar-refractivity contribution in [1.82, 2.24) is 24.5 Å². The number of carbonyl (C=O) groups is 2. The van der Waals surface area contributed by atoms with Crippen molar-refractivity contribution in [2.24, 2.45) is 5.73 Å². The maximum Gasteiger partial charge on any atom is 0.254 e. The van der Waals surface area contributed by atoms with Gasteiger partial charge in [-0.2, -0.15) is 5.10 Å². The molecular formula is C19H22N6O2. The number of nitrogens with zero attached hydrogens (tertiary/aromatic N) is 5. The summed E-state index contributed by atoms with van der Waals surface area (Å²) in [6, 6.07) is 5.64. The van der Waals surface area contributed by atoms with Crippen LogP contribution in [0, 0.1) is 13.8 Å². The van der Waals surface area contributed by atoms with Crippen molar-refractivity contribution in [3.8, 4) is 0 Å². The second kappa shape index (κ2) is 7.53. The molecule has 8 heteroatoms. The molecule has 3 heterocycles. The third kappa shape index (κ3) is 3.79. The Morgan fingerprint density at radius 3 is 2.70 bits per heavy atom. The predicted molar refractivity (Wildman–Crippen MR) is 100 cm³/mol. The molecule has 0 aliphatic heterocycles. The molecule has 0 radical (unpaired) electrons. The van der Waals surface area contributed by atoms with Gasteiger partial charge in [0.1, 0.15) is 5.56 Å². The molecule has 3 aromatic heterocycles. The number of primary amides is 1. The average molecular weight is 366 g/mol. The van der Waals surface area contributed by atoms with Crippen LogP contribution in [0.5, 0.6) is 0 Å². The number of aryl methyl sites for hydroxylation is 2. The number of amides is 2. The van der Waals surface area contributed by atoms with Crippen LogP contribution >= 0.6 is 0 Å². The first kappa shape index (κ1) is 18.5. The minimum atomic E-state index is -0.560. The van der Waals surface area contributed by atoms with Crippen LogP contribution in [0.1, 0.15) is 39.4 Å². The van der Waals surface area contributed by atoms with E-state index in [1.54, 1.807) is 22.7 Å². The molecule has 0 unspecified atom stereocenters. The molecule has 3 rings (SSSR count). The summed E-state index contributed by atoms with van der Waals surface area (Å²) in [7, 11) is 1.77. The number of rotatable bonds is 6. The third-order valence-electron chi connectivity index (χ3n) is 4.61. The molecule has 0 aromatic carbocycles. The van der Waals surface area contributed by atoms with E-state index in [4.69, 9.17) is 5.73 Å². The number of hydrogen-bond acceptors (Lipinski definition) is 5. The van der Waals surface area contributed by atoms with Gasteiger partial charge in [0.15, 0.2) is 5.65 Å². The van der Waals surface area contributed by atoms with Crippen molar-refractivity contribution in [3.05, 3.63) is 58.8 Å². The Bertz CT molecular complexity index is 996. The van der Waals surface area contributed by atoms with Crippen LogP contribution < -0.4 is 5.73 Å². The molecule has 27 heavy (non-hydrogen) atoms. The third-order valence-corrected chi connectivity index (χ3v) is 4.61. The lowest BCUT2D eigenvalue weighted by atomic mass is 10.1. The summed E-state index contributed by atoms with van der Waals surface area (Å²) in [6.45, 7) is 4.23. The highest BCUT2D eigenvalue weighted by molar-refractivity contribution is 5.98. The number of hydrogen-bond donors (Lipinski definition) is 1. The molecule has 0 atom stereocenters. The topological polar surface area (TPSA) is 106 Å². The van der Waals surface area contributed by atoms with Gasteiger partial charge in [-0.3, -0.25) is 14.6 Å². The lowest BCUT2D eigenvalue weighted by molar-refractivity contribution is -0.130. The van der Waals surface area contributed by atoms with E-state index in [1.165, 1.54) is 6.20 Å². The molecule has 2 N–H and O–H groups in total. The van der Waals surface area contributed by atoms with Gasteiger partial charge in [-0.1, -0.05) is 6.07 Å². The van der Waals surface area contributed by atoms with Gasteiger partial charge in [-0.15, -0.1) is 0 Å². The molecule has 140 valence electrons. The van der Waals surface area contributed by atoms with E-state index in [-0.39, 0.29) is 5.91 Å². The normalized spacial score (nSPS) is 10.9. The highest BCUT2D eigenvalue weighted by Crippen LogP contribution is 2.19. The molecule has 8 nitrogen and oxygen atoms in total. The maximum absolute atomic E-state index is 12.5. The van der Waals surface area contributed by atoms with E-state index in [2.05, 4.69) is 15.1 Å². The van der Waals surface area contributed by atoms with E-state index in [9.17, 15) is 9.59 Å². The first-order valence-corrected chi connectivity index (χ1v) is 8.66. The van der Waals surface area contributed by atoms with E-state index in [1.807, 2.05) is 32.0 Å². The summed E-state index contributed by atoms with van der Waals surface area (Å²) < 4.78 is 1.60. The van der Waals surface area contributed by atoms with Crippen LogP contribution in [0.15, 0.2) is 30.6 Å². The molecular weight excluding hydrogens is 344 g/mol. The zero-order valence-electron chi connectivity index (χ0n) is 15.6. The quantitative estimate of drug-likeness (QED) is 0.710. The minimum Gasteiger partial charge on any atom is -0.365 e. The van der Waals surface area contributed by atoms with Crippen LogP contribution in [0.4, 0.5) is 0 Å². The van der Waals surface area contributed by atoms with Crippen LogP contribution in [-0.2, 0) is 17.8 Å². The first-order chi connectivity index (χ1) is 12.9. The SMILES string of the molecule is Cc1nc2c(C(N)=O)cnn2c(C)c1CCC(=O)N(C)Cc1ccccn1. The zero-order chi connectivity index (χ0) is 19.6. The van der Waals surface area contributed by atoms with Crippen molar-refractivity contribution in [2.75, 3.05) is 7.05 Å². The standard InChI is InChI=1S/C19H22N6O2/c1-12-15(13(2)25-19(23-12)16(10-22-25)18(20)27)7-8-17(26)24(3)11-14-6-4-5-9-21-14/h4-6,9-10H,7-8,11H2,1-3H3,(H2,20,27). The van der Waals surface area contributed by atoms with Gasteiger partial charge in [-0.05, 0) is 38.0 Å². The van der Waals surface area contributed by atoms with Crippen LogP contribution in [-0.4, -0.2) is 43.3 Å². The Kier molecular flexibility index (Phi) is 5.16. The molecule has 0 fully saturated rings. The molecule has 0 aliphatic carbocycles.